The first-order valence-corrected chi connectivity index (χ1v) is 12.5. The predicted molar refractivity (Wildman–Crippen MR) is 140 cm³/mol. The fraction of sp³-hybridized carbons (Fsp3) is 0.308. The van der Waals surface area contributed by atoms with E-state index in [9.17, 15) is 9.59 Å². The van der Waals surface area contributed by atoms with E-state index in [-0.39, 0.29) is 11.9 Å². The number of imide groups is 1. The monoisotopic (exact) mass is 526 g/mol. The SMILES string of the molecule is COc1ccnc(N2C(=O)N(c3ccc(-c4nn[nH]n4)cc3)C(=O)C23CCN(Cc2ncccc2C)CC3)n1. The molecule has 0 bridgehead atoms. The topological polar surface area (TPSA) is 146 Å². The maximum atomic E-state index is 14.2. The van der Waals surface area contributed by atoms with Crippen molar-refractivity contribution in [2.45, 2.75) is 31.8 Å². The van der Waals surface area contributed by atoms with Gasteiger partial charge in [-0.2, -0.15) is 10.2 Å². The molecule has 3 amide bonds. The number of carbonyl (C=O) groups excluding carboxylic acids is 2. The van der Waals surface area contributed by atoms with Crippen LogP contribution in [-0.4, -0.2) is 78.2 Å². The zero-order valence-corrected chi connectivity index (χ0v) is 21.5. The number of H-pyrrole nitrogens is 1. The molecular formula is C26H26N10O3. The van der Waals surface area contributed by atoms with E-state index in [0.29, 0.717) is 55.4 Å². The van der Waals surface area contributed by atoms with Gasteiger partial charge in [0.05, 0.1) is 18.5 Å². The molecule has 13 nitrogen and oxygen atoms in total. The molecule has 3 aromatic heterocycles. The molecule has 2 fully saturated rings. The van der Waals surface area contributed by atoms with E-state index in [2.05, 4.69) is 40.5 Å². The first-order chi connectivity index (χ1) is 19.0. The first-order valence-electron chi connectivity index (χ1n) is 12.5. The maximum Gasteiger partial charge on any atom is 0.339 e. The summed E-state index contributed by atoms with van der Waals surface area (Å²) in [5, 5.41) is 14.0. The van der Waals surface area contributed by atoms with Crippen molar-refractivity contribution in [3.05, 3.63) is 66.1 Å². The van der Waals surface area contributed by atoms with Crippen molar-refractivity contribution in [1.29, 1.82) is 0 Å². The number of aryl methyl sites for hydroxylation is 1. The summed E-state index contributed by atoms with van der Waals surface area (Å²) in [7, 11) is 1.49. The number of likely N-dealkylation sites (tertiary alicyclic amines) is 1. The highest BCUT2D eigenvalue weighted by molar-refractivity contribution is 6.30. The van der Waals surface area contributed by atoms with E-state index in [1.165, 1.54) is 23.1 Å². The third-order valence-corrected chi connectivity index (χ3v) is 7.34. The molecule has 5 heterocycles. The summed E-state index contributed by atoms with van der Waals surface area (Å²) in [5.41, 5.74) is 2.12. The lowest BCUT2D eigenvalue weighted by Gasteiger charge is -2.41. The van der Waals surface area contributed by atoms with E-state index in [0.717, 1.165) is 11.3 Å². The Balaban J connectivity index is 1.33. The van der Waals surface area contributed by atoms with Gasteiger partial charge in [-0.05, 0) is 60.9 Å². The quantitative estimate of drug-likeness (QED) is 0.372. The van der Waals surface area contributed by atoms with Gasteiger partial charge in [0.1, 0.15) is 5.54 Å². The number of rotatable bonds is 6. The number of nitrogens with zero attached hydrogens (tertiary/aromatic N) is 9. The minimum absolute atomic E-state index is 0.132. The number of pyridine rings is 1. The van der Waals surface area contributed by atoms with Crippen molar-refractivity contribution in [2.24, 2.45) is 0 Å². The first kappa shape index (κ1) is 24.6. The van der Waals surface area contributed by atoms with E-state index in [1.54, 1.807) is 36.5 Å². The number of urea groups is 1. The summed E-state index contributed by atoms with van der Waals surface area (Å²) in [5.74, 6) is 0.549. The predicted octanol–water partition coefficient (Wildman–Crippen LogP) is 2.38. The van der Waals surface area contributed by atoms with Gasteiger partial charge in [0.25, 0.3) is 5.91 Å². The minimum Gasteiger partial charge on any atom is -0.481 e. The van der Waals surface area contributed by atoms with Crippen molar-refractivity contribution in [3.8, 4) is 17.3 Å². The number of benzene rings is 1. The number of aromatic amines is 1. The molecule has 0 unspecified atom stereocenters. The molecule has 0 aliphatic carbocycles. The molecule has 2 aliphatic rings. The Morgan fingerprint density at radius 1 is 1.03 bits per heavy atom. The smallest absolute Gasteiger partial charge is 0.339 e. The van der Waals surface area contributed by atoms with Crippen molar-refractivity contribution in [2.75, 3.05) is 30.0 Å². The van der Waals surface area contributed by atoms with Crippen molar-refractivity contribution in [3.63, 3.8) is 0 Å². The number of carbonyl (C=O) groups is 2. The molecule has 39 heavy (non-hydrogen) atoms. The molecule has 0 radical (unpaired) electrons. The normalized spacial score (nSPS) is 17.3. The molecule has 0 saturated carbocycles. The van der Waals surface area contributed by atoms with E-state index < -0.39 is 11.6 Å². The Hall–Kier alpha value is -4.78. The third-order valence-electron chi connectivity index (χ3n) is 7.34. The zero-order chi connectivity index (χ0) is 27.0. The molecule has 1 aromatic carbocycles. The van der Waals surface area contributed by atoms with Crippen LogP contribution in [0, 0.1) is 6.92 Å². The Bertz CT molecular complexity index is 1500. The average molecular weight is 527 g/mol. The van der Waals surface area contributed by atoms with Crippen LogP contribution < -0.4 is 14.5 Å². The van der Waals surface area contributed by atoms with Gasteiger partial charge in [0.15, 0.2) is 0 Å². The summed E-state index contributed by atoms with van der Waals surface area (Å²) >= 11 is 0. The van der Waals surface area contributed by atoms with E-state index >= 15 is 0 Å². The molecule has 13 heteroatoms. The van der Waals surface area contributed by atoms with Crippen LogP contribution in [0.15, 0.2) is 54.9 Å². The molecule has 0 atom stereocenters. The number of nitrogens with one attached hydrogen (secondary N) is 1. The molecule has 6 rings (SSSR count). The zero-order valence-electron chi connectivity index (χ0n) is 21.5. The third kappa shape index (κ3) is 4.26. The fourth-order valence-corrected chi connectivity index (χ4v) is 5.19. The number of piperidine rings is 1. The van der Waals surface area contributed by atoms with Gasteiger partial charge in [0.2, 0.25) is 17.7 Å². The average Bonchev–Trinajstić information content (AvgIpc) is 3.57. The van der Waals surface area contributed by atoms with Gasteiger partial charge in [-0.3, -0.25) is 14.7 Å². The van der Waals surface area contributed by atoms with Gasteiger partial charge in [0, 0.05) is 43.7 Å². The van der Waals surface area contributed by atoms with Crippen LogP contribution in [-0.2, 0) is 11.3 Å². The summed E-state index contributed by atoms with van der Waals surface area (Å²) in [6, 6.07) is 11.9. The molecule has 1 spiro atoms. The lowest BCUT2D eigenvalue weighted by Crippen LogP contribution is -2.57. The van der Waals surface area contributed by atoms with Crippen LogP contribution in [0.5, 0.6) is 5.88 Å². The highest BCUT2D eigenvalue weighted by Crippen LogP contribution is 2.42. The van der Waals surface area contributed by atoms with Crippen LogP contribution in [0.2, 0.25) is 0 Å². The number of amides is 3. The maximum absolute atomic E-state index is 14.2. The summed E-state index contributed by atoms with van der Waals surface area (Å²) in [4.78, 5) is 46.3. The second-order valence-electron chi connectivity index (χ2n) is 9.51. The van der Waals surface area contributed by atoms with Crippen LogP contribution in [0.3, 0.4) is 0 Å². The number of hydrogen-bond acceptors (Lipinski definition) is 10. The van der Waals surface area contributed by atoms with Gasteiger partial charge in [-0.1, -0.05) is 6.07 Å². The van der Waals surface area contributed by atoms with Gasteiger partial charge in [-0.25, -0.2) is 19.6 Å². The molecule has 198 valence electrons. The summed E-state index contributed by atoms with van der Waals surface area (Å²) < 4.78 is 5.28. The lowest BCUT2D eigenvalue weighted by molar-refractivity contribution is -0.123. The van der Waals surface area contributed by atoms with Crippen molar-refractivity contribution in [1.82, 2.24) is 40.5 Å². The Labute approximate surface area is 223 Å². The van der Waals surface area contributed by atoms with Crippen LogP contribution >= 0.6 is 0 Å². The van der Waals surface area contributed by atoms with Gasteiger partial charge >= 0.3 is 6.03 Å². The Morgan fingerprint density at radius 3 is 2.51 bits per heavy atom. The fourth-order valence-electron chi connectivity index (χ4n) is 5.19. The lowest BCUT2D eigenvalue weighted by atomic mass is 9.85. The van der Waals surface area contributed by atoms with Crippen molar-refractivity contribution < 1.29 is 14.3 Å². The van der Waals surface area contributed by atoms with Crippen molar-refractivity contribution >= 4 is 23.6 Å². The second kappa shape index (κ2) is 9.83. The minimum atomic E-state index is -1.13. The Kier molecular flexibility index (Phi) is 6.19. The highest BCUT2D eigenvalue weighted by Gasteiger charge is 2.60. The molecular weight excluding hydrogens is 500 g/mol. The number of methoxy groups -OCH3 is 1. The largest absolute Gasteiger partial charge is 0.481 e. The van der Waals surface area contributed by atoms with Crippen LogP contribution in [0.4, 0.5) is 16.4 Å². The van der Waals surface area contributed by atoms with Gasteiger partial charge in [-0.15, -0.1) is 10.2 Å². The van der Waals surface area contributed by atoms with E-state index in [4.69, 9.17) is 4.74 Å². The number of hydrogen-bond donors (Lipinski definition) is 1. The summed E-state index contributed by atoms with van der Waals surface area (Å²) in [6.45, 7) is 3.90. The standard InChI is InChI=1S/C26H26N10O3/c1-17-4-3-12-27-20(17)16-34-14-10-26(11-15-34)23(37)35(19-7-5-18(6-8-19)22-30-32-33-31-22)25(38)36(26)24-28-13-9-21(29-24)39-2/h3-9,12-13H,10-11,14-16H2,1-2H3,(H,30,31,32,33). The molecule has 2 saturated heterocycles. The Morgan fingerprint density at radius 2 is 1.82 bits per heavy atom. The molecule has 2 aliphatic heterocycles. The molecule has 4 aromatic rings. The number of ether oxygens (including phenoxy) is 1. The molecule has 1 N–H and O–H groups in total. The second-order valence-corrected chi connectivity index (χ2v) is 9.51. The number of tetrazole rings is 1. The van der Waals surface area contributed by atoms with Crippen LogP contribution in [0.25, 0.3) is 11.4 Å². The van der Waals surface area contributed by atoms with Crippen LogP contribution in [0.1, 0.15) is 24.1 Å². The van der Waals surface area contributed by atoms with Gasteiger partial charge < -0.3 is 4.74 Å². The summed E-state index contributed by atoms with van der Waals surface area (Å²) in [6.07, 6.45) is 4.15. The van der Waals surface area contributed by atoms with E-state index in [1.807, 2.05) is 19.1 Å². The highest BCUT2D eigenvalue weighted by atomic mass is 16.5. The number of aromatic nitrogens is 7. The number of anilines is 2.